The maximum Gasteiger partial charge on any atom is 0.234 e. The van der Waals surface area contributed by atoms with Crippen molar-refractivity contribution < 1.29 is 23.0 Å². The SMILES string of the molecule is COc1ccc(OC)c(C2SCC(=O)N2Cc2cc(F)ccc2F)c1. The molecule has 0 saturated carbocycles. The van der Waals surface area contributed by atoms with Gasteiger partial charge in [0.25, 0.3) is 0 Å². The van der Waals surface area contributed by atoms with Gasteiger partial charge in [-0.05, 0) is 36.4 Å². The van der Waals surface area contributed by atoms with Gasteiger partial charge in [0.15, 0.2) is 0 Å². The molecule has 132 valence electrons. The van der Waals surface area contributed by atoms with Gasteiger partial charge in [-0.1, -0.05) is 0 Å². The lowest BCUT2D eigenvalue weighted by molar-refractivity contribution is -0.128. The van der Waals surface area contributed by atoms with Crippen molar-refractivity contribution in [3.63, 3.8) is 0 Å². The third-order valence-corrected chi connectivity index (χ3v) is 5.26. The summed E-state index contributed by atoms with van der Waals surface area (Å²) in [6, 6.07) is 8.57. The van der Waals surface area contributed by atoms with Crippen LogP contribution in [-0.4, -0.2) is 30.8 Å². The van der Waals surface area contributed by atoms with Gasteiger partial charge in [0.1, 0.15) is 28.5 Å². The average Bonchev–Trinajstić information content (AvgIpc) is 2.98. The van der Waals surface area contributed by atoms with E-state index in [0.717, 1.165) is 23.8 Å². The van der Waals surface area contributed by atoms with E-state index >= 15 is 0 Å². The topological polar surface area (TPSA) is 38.8 Å². The highest BCUT2D eigenvalue weighted by molar-refractivity contribution is 8.00. The predicted molar refractivity (Wildman–Crippen MR) is 91.7 cm³/mol. The molecular weight excluding hydrogens is 348 g/mol. The summed E-state index contributed by atoms with van der Waals surface area (Å²) in [5.41, 5.74) is 0.900. The number of carbonyl (C=O) groups excluding carboxylic acids is 1. The number of ether oxygens (including phenoxy) is 2. The van der Waals surface area contributed by atoms with Gasteiger partial charge in [-0.3, -0.25) is 4.79 Å². The van der Waals surface area contributed by atoms with E-state index in [1.807, 2.05) is 0 Å². The molecule has 4 nitrogen and oxygen atoms in total. The first-order chi connectivity index (χ1) is 12.0. The number of carbonyl (C=O) groups is 1. The first-order valence-corrected chi connectivity index (χ1v) is 8.65. The van der Waals surface area contributed by atoms with Gasteiger partial charge in [-0.15, -0.1) is 11.8 Å². The highest BCUT2D eigenvalue weighted by atomic mass is 32.2. The lowest BCUT2D eigenvalue weighted by atomic mass is 10.1. The Balaban J connectivity index is 1.96. The van der Waals surface area contributed by atoms with E-state index in [1.54, 1.807) is 32.4 Å². The predicted octanol–water partition coefficient (Wildman–Crippen LogP) is 3.76. The monoisotopic (exact) mass is 365 g/mol. The maximum atomic E-state index is 14.0. The van der Waals surface area contributed by atoms with Crippen molar-refractivity contribution in [2.24, 2.45) is 0 Å². The molecule has 0 bridgehead atoms. The molecule has 1 atom stereocenters. The molecule has 2 aromatic rings. The van der Waals surface area contributed by atoms with Gasteiger partial charge in [0.2, 0.25) is 5.91 Å². The third-order valence-electron chi connectivity index (χ3n) is 4.02. The molecule has 0 aromatic heterocycles. The van der Waals surface area contributed by atoms with Crippen molar-refractivity contribution in [2.75, 3.05) is 20.0 Å². The molecule has 3 rings (SSSR count). The Bertz CT molecular complexity index is 800. The summed E-state index contributed by atoms with van der Waals surface area (Å²) in [5.74, 6) is 0.296. The van der Waals surface area contributed by atoms with Crippen molar-refractivity contribution in [3.8, 4) is 11.5 Å². The molecule has 1 aliphatic rings. The summed E-state index contributed by atoms with van der Waals surface area (Å²) in [4.78, 5) is 13.9. The standard InChI is InChI=1S/C18H17F2NO3S/c1-23-13-4-6-16(24-2)14(8-13)18-21(17(22)10-25-18)9-11-7-12(19)3-5-15(11)20/h3-8,18H,9-10H2,1-2H3. The van der Waals surface area contributed by atoms with Crippen LogP contribution in [0.4, 0.5) is 8.78 Å². The molecule has 1 heterocycles. The Morgan fingerprint density at radius 2 is 1.96 bits per heavy atom. The smallest absolute Gasteiger partial charge is 0.234 e. The molecule has 25 heavy (non-hydrogen) atoms. The van der Waals surface area contributed by atoms with E-state index in [9.17, 15) is 13.6 Å². The van der Waals surface area contributed by atoms with Gasteiger partial charge in [0, 0.05) is 11.1 Å². The second-order valence-corrected chi connectivity index (χ2v) is 6.60. The largest absolute Gasteiger partial charge is 0.497 e. The Labute approximate surface area is 148 Å². The molecule has 1 saturated heterocycles. The minimum Gasteiger partial charge on any atom is -0.497 e. The molecule has 0 spiro atoms. The van der Waals surface area contributed by atoms with Crippen molar-refractivity contribution in [1.29, 1.82) is 0 Å². The van der Waals surface area contributed by atoms with Crippen LogP contribution in [0.2, 0.25) is 0 Å². The Hall–Kier alpha value is -2.28. The lowest BCUT2D eigenvalue weighted by Gasteiger charge is -2.26. The van der Waals surface area contributed by atoms with Crippen LogP contribution in [0.5, 0.6) is 11.5 Å². The summed E-state index contributed by atoms with van der Waals surface area (Å²) >= 11 is 1.41. The Kier molecular flexibility index (Phi) is 5.13. The fraction of sp³-hybridized carbons (Fsp3) is 0.278. The Morgan fingerprint density at radius 3 is 2.68 bits per heavy atom. The van der Waals surface area contributed by atoms with E-state index in [2.05, 4.69) is 0 Å². The second kappa shape index (κ2) is 7.31. The summed E-state index contributed by atoms with van der Waals surface area (Å²) in [7, 11) is 3.10. The van der Waals surface area contributed by atoms with E-state index < -0.39 is 11.6 Å². The van der Waals surface area contributed by atoms with E-state index in [1.165, 1.54) is 16.7 Å². The van der Waals surface area contributed by atoms with Gasteiger partial charge < -0.3 is 14.4 Å². The van der Waals surface area contributed by atoms with E-state index in [-0.39, 0.29) is 29.1 Å². The summed E-state index contributed by atoms with van der Waals surface area (Å²) in [6.45, 7) is -0.0134. The molecule has 0 radical (unpaired) electrons. The van der Waals surface area contributed by atoms with Crippen molar-refractivity contribution in [1.82, 2.24) is 4.90 Å². The molecule has 2 aromatic carbocycles. The molecule has 1 amide bonds. The van der Waals surface area contributed by atoms with Gasteiger partial charge in [-0.25, -0.2) is 8.78 Å². The molecule has 0 aliphatic carbocycles. The van der Waals surface area contributed by atoms with Crippen molar-refractivity contribution in [3.05, 3.63) is 59.2 Å². The van der Waals surface area contributed by atoms with Crippen LogP contribution in [0.1, 0.15) is 16.5 Å². The number of hydrogen-bond donors (Lipinski definition) is 0. The van der Waals surface area contributed by atoms with Crippen LogP contribution in [0.3, 0.4) is 0 Å². The number of methoxy groups -OCH3 is 2. The van der Waals surface area contributed by atoms with Crippen LogP contribution >= 0.6 is 11.8 Å². The van der Waals surface area contributed by atoms with Crippen LogP contribution in [0, 0.1) is 11.6 Å². The van der Waals surface area contributed by atoms with Gasteiger partial charge in [-0.2, -0.15) is 0 Å². The molecule has 1 fully saturated rings. The zero-order chi connectivity index (χ0) is 18.0. The summed E-state index contributed by atoms with van der Waals surface area (Å²) < 4.78 is 38.1. The first kappa shape index (κ1) is 17.5. The van der Waals surface area contributed by atoms with E-state index in [0.29, 0.717) is 11.5 Å². The summed E-state index contributed by atoms with van der Waals surface area (Å²) in [6.07, 6.45) is 0. The zero-order valence-corrected chi connectivity index (χ0v) is 14.6. The summed E-state index contributed by atoms with van der Waals surface area (Å²) in [5, 5.41) is -0.361. The minimum absolute atomic E-state index is 0.0134. The number of nitrogens with zero attached hydrogens (tertiary/aromatic N) is 1. The number of hydrogen-bond acceptors (Lipinski definition) is 4. The van der Waals surface area contributed by atoms with Gasteiger partial charge >= 0.3 is 0 Å². The minimum atomic E-state index is -0.539. The maximum absolute atomic E-state index is 14.0. The fourth-order valence-corrected chi connectivity index (χ4v) is 3.97. The lowest BCUT2D eigenvalue weighted by Crippen LogP contribution is -2.28. The van der Waals surface area contributed by atoms with Crippen LogP contribution in [-0.2, 0) is 11.3 Å². The number of benzene rings is 2. The second-order valence-electron chi connectivity index (χ2n) is 5.53. The van der Waals surface area contributed by atoms with Crippen molar-refractivity contribution in [2.45, 2.75) is 11.9 Å². The fourth-order valence-electron chi connectivity index (χ4n) is 2.76. The van der Waals surface area contributed by atoms with Crippen LogP contribution in [0.15, 0.2) is 36.4 Å². The normalized spacial score (nSPS) is 17.0. The molecule has 0 N–H and O–H groups in total. The van der Waals surface area contributed by atoms with Crippen molar-refractivity contribution >= 4 is 17.7 Å². The molecule has 1 unspecified atom stereocenters. The number of rotatable bonds is 5. The zero-order valence-electron chi connectivity index (χ0n) is 13.8. The quantitative estimate of drug-likeness (QED) is 0.809. The number of amides is 1. The molecule has 1 aliphatic heterocycles. The molecule has 7 heteroatoms. The van der Waals surface area contributed by atoms with E-state index in [4.69, 9.17) is 9.47 Å². The first-order valence-electron chi connectivity index (χ1n) is 7.60. The Morgan fingerprint density at radius 1 is 1.16 bits per heavy atom. The highest BCUT2D eigenvalue weighted by Crippen LogP contribution is 2.44. The van der Waals surface area contributed by atoms with Crippen LogP contribution < -0.4 is 9.47 Å². The molecular formula is C18H17F2NO3S. The average molecular weight is 365 g/mol. The number of thioether (sulfide) groups is 1. The van der Waals surface area contributed by atoms with Gasteiger partial charge in [0.05, 0.1) is 26.5 Å². The highest BCUT2D eigenvalue weighted by Gasteiger charge is 2.35. The van der Waals surface area contributed by atoms with Crippen LogP contribution in [0.25, 0.3) is 0 Å². The third kappa shape index (κ3) is 3.56. The number of halogens is 2.